The minimum Gasteiger partial charge on any atom is -0.251 e. The predicted octanol–water partition coefficient (Wildman–Crippen LogP) is 0.817. The van der Waals surface area contributed by atoms with Crippen molar-refractivity contribution in [3.8, 4) is 6.07 Å². The lowest BCUT2D eigenvalue weighted by Gasteiger charge is -2.02. The van der Waals surface area contributed by atoms with Crippen LogP contribution in [0, 0.1) is 11.3 Å². The van der Waals surface area contributed by atoms with E-state index in [-0.39, 0.29) is 5.92 Å². The van der Waals surface area contributed by atoms with Gasteiger partial charge in [0, 0.05) is 12.4 Å². The Bertz CT molecular complexity index is 274. The molecule has 0 bridgehead atoms. The third-order valence-electron chi connectivity index (χ3n) is 1.42. The first-order chi connectivity index (χ1) is 5.29. The van der Waals surface area contributed by atoms with Gasteiger partial charge in [0.25, 0.3) is 0 Å². The van der Waals surface area contributed by atoms with Crippen molar-refractivity contribution in [2.24, 2.45) is 7.05 Å². The molecular weight excluding hydrogens is 208 g/mol. The Kier molecular flexibility index (Phi) is 2.60. The molecule has 0 fully saturated rings. The van der Waals surface area contributed by atoms with E-state index in [1.165, 1.54) is 0 Å². The number of alkyl halides is 1. The molecule has 11 heavy (non-hydrogen) atoms. The fourth-order valence-electron chi connectivity index (χ4n) is 0.793. The molecule has 1 heterocycles. The summed E-state index contributed by atoms with van der Waals surface area (Å²) in [7, 11) is 1.77. The number of nitriles is 1. The first kappa shape index (κ1) is 8.21. The van der Waals surface area contributed by atoms with Crippen LogP contribution < -0.4 is 0 Å². The molecule has 1 aromatic rings. The zero-order valence-electron chi connectivity index (χ0n) is 6.03. The van der Waals surface area contributed by atoms with Crippen molar-refractivity contribution in [2.45, 2.75) is 5.92 Å². The van der Waals surface area contributed by atoms with Crippen LogP contribution in [0.25, 0.3) is 0 Å². The maximum absolute atomic E-state index is 8.67. The molecule has 1 unspecified atom stereocenters. The molecule has 4 nitrogen and oxygen atoms in total. The number of aryl methyl sites for hydroxylation is 1. The smallest absolute Gasteiger partial charge is 0.0994 e. The van der Waals surface area contributed by atoms with Gasteiger partial charge in [0.2, 0.25) is 0 Å². The summed E-state index contributed by atoms with van der Waals surface area (Å²) in [6.07, 6.45) is 1.61. The van der Waals surface area contributed by atoms with E-state index in [1.807, 2.05) is 0 Å². The van der Waals surface area contributed by atoms with E-state index in [0.29, 0.717) is 5.33 Å². The standard InChI is InChI=1S/C6H7BrN4/c1-11-6(4-9-10-11)5(2-7)3-8/h4-5H,2H2,1H3. The van der Waals surface area contributed by atoms with Crippen LogP contribution in [0.1, 0.15) is 11.6 Å². The molecule has 1 rings (SSSR count). The molecule has 0 aliphatic rings. The monoisotopic (exact) mass is 214 g/mol. The highest BCUT2D eigenvalue weighted by molar-refractivity contribution is 9.09. The average molecular weight is 215 g/mol. The summed E-state index contributed by atoms with van der Waals surface area (Å²) in [6, 6.07) is 2.15. The average Bonchev–Trinajstić information content (AvgIpc) is 2.40. The summed E-state index contributed by atoms with van der Waals surface area (Å²) < 4.78 is 1.61. The lowest BCUT2D eigenvalue weighted by Crippen LogP contribution is -2.04. The van der Waals surface area contributed by atoms with E-state index < -0.39 is 0 Å². The number of aromatic nitrogens is 3. The highest BCUT2D eigenvalue weighted by Gasteiger charge is 2.12. The van der Waals surface area contributed by atoms with Crippen LogP contribution in [0.2, 0.25) is 0 Å². The fourth-order valence-corrected chi connectivity index (χ4v) is 1.27. The van der Waals surface area contributed by atoms with Gasteiger partial charge < -0.3 is 0 Å². The summed E-state index contributed by atoms with van der Waals surface area (Å²) in [5.74, 6) is -0.157. The third-order valence-corrected chi connectivity index (χ3v) is 2.06. The molecule has 0 radical (unpaired) electrons. The van der Waals surface area contributed by atoms with Gasteiger partial charge in [-0.15, -0.1) is 5.10 Å². The number of rotatable bonds is 2. The Hall–Kier alpha value is -0.890. The van der Waals surface area contributed by atoms with Crippen LogP contribution in [-0.2, 0) is 7.05 Å². The maximum atomic E-state index is 8.67. The van der Waals surface area contributed by atoms with Crippen molar-refractivity contribution < 1.29 is 0 Å². The third kappa shape index (κ3) is 1.57. The lowest BCUT2D eigenvalue weighted by atomic mass is 10.1. The molecule has 0 aromatic carbocycles. The van der Waals surface area contributed by atoms with Gasteiger partial charge in [-0.3, -0.25) is 4.68 Å². The van der Waals surface area contributed by atoms with Gasteiger partial charge in [-0.1, -0.05) is 21.1 Å². The molecule has 0 amide bonds. The van der Waals surface area contributed by atoms with Crippen molar-refractivity contribution in [3.63, 3.8) is 0 Å². The second kappa shape index (κ2) is 3.49. The Morgan fingerprint density at radius 1 is 1.91 bits per heavy atom. The molecular formula is C6H7BrN4. The van der Waals surface area contributed by atoms with E-state index >= 15 is 0 Å². The van der Waals surface area contributed by atoms with Crippen LogP contribution in [0.4, 0.5) is 0 Å². The highest BCUT2D eigenvalue weighted by Crippen LogP contribution is 2.14. The minimum atomic E-state index is -0.157. The summed E-state index contributed by atoms with van der Waals surface area (Å²) in [4.78, 5) is 0. The van der Waals surface area contributed by atoms with Crippen LogP contribution >= 0.6 is 15.9 Å². The summed E-state index contributed by atoms with van der Waals surface area (Å²) >= 11 is 3.24. The molecule has 0 saturated carbocycles. The Labute approximate surface area is 72.9 Å². The van der Waals surface area contributed by atoms with Crippen molar-refractivity contribution >= 4 is 15.9 Å². The van der Waals surface area contributed by atoms with Crippen LogP contribution in [-0.4, -0.2) is 20.3 Å². The van der Waals surface area contributed by atoms with Crippen molar-refractivity contribution in [2.75, 3.05) is 5.33 Å². The first-order valence-electron chi connectivity index (χ1n) is 3.09. The molecule has 58 valence electrons. The van der Waals surface area contributed by atoms with Gasteiger partial charge in [-0.2, -0.15) is 5.26 Å². The van der Waals surface area contributed by atoms with E-state index in [0.717, 1.165) is 5.69 Å². The van der Waals surface area contributed by atoms with Gasteiger partial charge in [0.1, 0.15) is 0 Å². The Balaban J connectivity index is 2.92. The lowest BCUT2D eigenvalue weighted by molar-refractivity contribution is 0.670. The zero-order valence-corrected chi connectivity index (χ0v) is 7.61. The van der Waals surface area contributed by atoms with Crippen LogP contribution in [0.5, 0.6) is 0 Å². The summed E-state index contributed by atoms with van der Waals surface area (Å²) in [6.45, 7) is 0. The summed E-state index contributed by atoms with van der Waals surface area (Å²) in [5, 5.41) is 16.7. The second-order valence-corrected chi connectivity index (χ2v) is 2.77. The van der Waals surface area contributed by atoms with E-state index in [4.69, 9.17) is 5.26 Å². The molecule has 1 aromatic heterocycles. The summed E-state index contributed by atoms with van der Waals surface area (Å²) in [5.41, 5.74) is 0.837. The normalized spacial score (nSPS) is 12.5. The van der Waals surface area contributed by atoms with Gasteiger partial charge in [-0.05, 0) is 0 Å². The van der Waals surface area contributed by atoms with Gasteiger partial charge in [0.05, 0.1) is 23.9 Å². The largest absolute Gasteiger partial charge is 0.251 e. The van der Waals surface area contributed by atoms with Crippen molar-refractivity contribution in [1.29, 1.82) is 5.26 Å². The molecule has 5 heteroatoms. The quantitative estimate of drug-likeness (QED) is 0.686. The molecule has 0 aliphatic heterocycles. The fraction of sp³-hybridized carbons (Fsp3) is 0.500. The van der Waals surface area contributed by atoms with Crippen molar-refractivity contribution in [3.05, 3.63) is 11.9 Å². The SMILES string of the molecule is Cn1nncc1C(C#N)CBr. The van der Waals surface area contributed by atoms with E-state index in [1.54, 1.807) is 17.9 Å². The van der Waals surface area contributed by atoms with Gasteiger partial charge >= 0.3 is 0 Å². The molecule has 0 aliphatic carbocycles. The molecule has 0 N–H and O–H groups in total. The molecule has 0 spiro atoms. The molecule has 0 saturated heterocycles. The van der Waals surface area contributed by atoms with Crippen LogP contribution in [0.15, 0.2) is 6.20 Å². The van der Waals surface area contributed by atoms with Crippen LogP contribution in [0.3, 0.4) is 0 Å². The zero-order chi connectivity index (χ0) is 8.27. The van der Waals surface area contributed by atoms with E-state index in [2.05, 4.69) is 32.3 Å². The number of hydrogen-bond acceptors (Lipinski definition) is 3. The highest BCUT2D eigenvalue weighted by atomic mass is 79.9. The minimum absolute atomic E-state index is 0.157. The molecule has 1 atom stereocenters. The topological polar surface area (TPSA) is 54.5 Å². The Morgan fingerprint density at radius 2 is 2.64 bits per heavy atom. The first-order valence-corrected chi connectivity index (χ1v) is 4.22. The van der Waals surface area contributed by atoms with E-state index in [9.17, 15) is 0 Å². The predicted molar refractivity (Wildman–Crippen MR) is 43.2 cm³/mol. The Morgan fingerprint density at radius 3 is 3.00 bits per heavy atom. The second-order valence-electron chi connectivity index (χ2n) is 2.12. The van der Waals surface area contributed by atoms with Gasteiger partial charge in [0.15, 0.2) is 0 Å². The van der Waals surface area contributed by atoms with Crippen molar-refractivity contribution in [1.82, 2.24) is 15.0 Å². The maximum Gasteiger partial charge on any atom is 0.0994 e. The number of halogens is 1. The number of nitrogens with zero attached hydrogens (tertiary/aromatic N) is 4. The number of hydrogen-bond donors (Lipinski definition) is 0. The van der Waals surface area contributed by atoms with Gasteiger partial charge in [-0.25, -0.2) is 0 Å².